The van der Waals surface area contributed by atoms with E-state index in [1.165, 1.54) is 107 Å². The van der Waals surface area contributed by atoms with Gasteiger partial charge in [-0.15, -0.1) is 0 Å². The van der Waals surface area contributed by atoms with E-state index in [9.17, 15) is 126 Å². The van der Waals surface area contributed by atoms with Gasteiger partial charge in [0.15, 0.2) is 11.6 Å². The fourth-order valence-electron chi connectivity index (χ4n) is 13.7. The first-order chi connectivity index (χ1) is 63.7. The topological polar surface area (TPSA) is 830 Å². The molecular weight excluding hydrogens is 1780 g/mol. The van der Waals surface area contributed by atoms with Crippen molar-refractivity contribution in [3.8, 4) is 23.0 Å². The normalized spacial score (nSPS) is 15.0. The van der Waals surface area contributed by atoms with Crippen LogP contribution < -0.4 is 107 Å². The first kappa shape index (κ1) is 106. The van der Waals surface area contributed by atoms with Gasteiger partial charge in [0, 0.05) is 85.4 Å². The molecule has 0 saturated carbocycles. The zero-order valence-corrected chi connectivity index (χ0v) is 73.9. The van der Waals surface area contributed by atoms with Crippen LogP contribution in [0.5, 0.6) is 23.0 Å². The summed E-state index contributed by atoms with van der Waals surface area (Å²) < 4.78 is 12.1. The summed E-state index contributed by atoms with van der Waals surface area (Å²) in [5.74, 6) is -24.8. The number of hydrogen-bond donors (Lipinski definition) is 27. The van der Waals surface area contributed by atoms with Gasteiger partial charge in [0.1, 0.15) is 102 Å². The number of H-pyrrole nitrogens is 2. The molecule has 0 aliphatic carbocycles. The Morgan fingerprint density at radius 3 is 1.30 bits per heavy atom. The van der Waals surface area contributed by atoms with Gasteiger partial charge in [0.2, 0.25) is 94.5 Å². The number of aliphatic carboxylic acids is 3. The number of benzene rings is 3. The average molecular weight is 1890 g/mol. The zero-order chi connectivity index (χ0) is 100.0. The summed E-state index contributed by atoms with van der Waals surface area (Å²) in [6, 6.07) is -8.86. The van der Waals surface area contributed by atoms with E-state index in [0.29, 0.717) is 11.1 Å². The van der Waals surface area contributed by atoms with Gasteiger partial charge >= 0.3 is 23.9 Å². The SMILES string of the molecule is CC[C@H](C)[C@H](NC(=O)[C@H](CCC(=O)O)NC(=O)[C@H](C)NC(=O)[C@H](Cc1c[nH]cn1)NC(=O)[C@H](C)NC(=O)[C@H](C)NC(=O)[C@H](Cc1c[nH]cn1)NC(=O)CNC(=O)[C@H](C)NC(=O)[C@H](CCC(N)=O)NC(=O)c1ccc2c(c1)C(=O)OC21c2ccc(O)cc2Oc2cc(O)ccc21)C(=O)N[C@@H](CC(N)=O)C(=O)N[C@@H](CCC(=O)O)C(=O)N[C@@H](C)C(=O)NCC(=O)N[C@@H](CCCNC(=N)N)C(=O)O. The lowest BCUT2D eigenvalue weighted by molar-refractivity contribution is -0.142. The lowest BCUT2D eigenvalue weighted by atomic mass is 9.77. The number of rotatable bonds is 52. The second-order valence-corrected chi connectivity index (χ2v) is 31.7. The Kier molecular flexibility index (Phi) is 38.4. The summed E-state index contributed by atoms with van der Waals surface area (Å²) in [7, 11) is 0. The molecule has 30 N–H and O–H groups in total. The van der Waals surface area contributed by atoms with Crippen molar-refractivity contribution in [3.63, 3.8) is 0 Å². The van der Waals surface area contributed by atoms with Gasteiger partial charge in [-0.25, -0.2) is 19.6 Å². The minimum atomic E-state index is -1.99. The summed E-state index contributed by atoms with van der Waals surface area (Å²) >= 11 is 0. The number of primary amides is 2. The van der Waals surface area contributed by atoms with Crippen molar-refractivity contribution in [2.75, 3.05) is 19.6 Å². The second-order valence-electron chi connectivity index (χ2n) is 31.7. The Hall–Kier alpha value is -16.4. The molecule has 0 fully saturated rings. The van der Waals surface area contributed by atoms with Crippen molar-refractivity contribution in [1.82, 2.24) is 105 Å². The fraction of sp³-hybridized carbons (Fsp3) is 0.446. The van der Waals surface area contributed by atoms with E-state index in [2.05, 4.69) is 105 Å². The number of carboxylic acid groups (broad SMARTS) is 3. The third-order valence-corrected chi connectivity index (χ3v) is 21.2. The van der Waals surface area contributed by atoms with Crippen molar-refractivity contribution in [1.29, 1.82) is 5.41 Å². The molecule has 2 aliphatic rings. The molecule has 7 rings (SSSR count). The number of carbonyl (C=O) groups is 21. The summed E-state index contributed by atoms with van der Waals surface area (Å²) in [6.45, 7) is 7.37. The summed E-state index contributed by atoms with van der Waals surface area (Å²) in [5, 5.41) is 94.2. The Bertz CT molecular complexity index is 5250. The monoisotopic (exact) mass is 1890 g/mol. The minimum absolute atomic E-state index is 0.0809. The number of amides is 17. The molecule has 728 valence electrons. The number of nitrogens with zero attached hydrogens (tertiary/aromatic N) is 2. The smallest absolute Gasteiger partial charge is 0.340 e. The molecule has 135 heavy (non-hydrogen) atoms. The number of nitrogens with two attached hydrogens (primary N) is 3. The highest BCUT2D eigenvalue weighted by atomic mass is 16.6. The maximum atomic E-state index is 14.3. The van der Waals surface area contributed by atoms with Crippen molar-refractivity contribution in [3.05, 3.63) is 119 Å². The van der Waals surface area contributed by atoms with Gasteiger partial charge in [-0.05, 0) is 109 Å². The number of phenolic OH excluding ortho intramolecular Hbond substituents is 2. The van der Waals surface area contributed by atoms with E-state index in [-0.39, 0.29) is 102 Å². The van der Waals surface area contributed by atoms with Crippen LogP contribution in [0.2, 0.25) is 0 Å². The number of phenols is 2. The number of aromatic amines is 2. The summed E-state index contributed by atoms with van der Waals surface area (Å²) in [5.41, 5.74) is 15.4. The number of aromatic nitrogens is 4. The van der Waals surface area contributed by atoms with E-state index >= 15 is 0 Å². The maximum absolute atomic E-state index is 14.3. The van der Waals surface area contributed by atoms with E-state index in [4.69, 9.17) is 32.1 Å². The average Bonchev–Trinajstić information content (AvgIpc) is 1.56. The third-order valence-electron chi connectivity index (χ3n) is 21.2. The highest BCUT2D eigenvalue weighted by Crippen LogP contribution is 2.57. The molecule has 0 unspecified atom stereocenters. The molecule has 14 atom stereocenters. The summed E-state index contributed by atoms with van der Waals surface area (Å²) in [4.78, 5) is 294. The van der Waals surface area contributed by atoms with Crippen LogP contribution >= 0.6 is 0 Å². The Morgan fingerprint density at radius 1 is 0.444 bits per heavy atom. The molecule has 2 aliphatic heterocycles. The first-order valence-electron chi connectivity index (χ1n) is 42.2. The predicted molar refractivity (Wildman–Crippen MR) is 464 cm³/mol. The van der Waals surface area contributed by atoms with E-state index in [1.807, 2.05) is 0 Å². The van der Waals surface area contributed by atoms with Crippen LogP contribution in [0, 0.1) is 11.3 Å². The number of fused-ring (bicyclic) bond motifs is 6. The molecule has 1 spiro atoms. The van der Waals surface area contributed by atoms with Gasteiger partial charge in [0.05, 0.1) is 49.1 Å². The lowest BCUT2D eigenvalue weighted by Gasteiger charge is -2.36. The number of aromatic hydroxyl groups is 2. The van der Waals surface area contributed by atoms with Crippen LogP contribution in [0.3, 0.4) is 0 Å². The molecule has 5 aromatic rings. The Morgan fingerprint density at radius 2 is 0.852 bits per heavy atom. The van der Waals surface area contributed by atoms with Gasteiger partial charge in [-0.3, -0.25) is 96.5 Å². The van der Waals surface area contributed by atoms with Crippen LogP contribution in [0.1, 0.15) is 161 Å². The number of guanidine groups is 1. The quantitative estimate of drug-likeness (QED) is 0.00745. The number of imidazole rings is 2. The number of carboxylic acids is 3. The number of nitrogens with one attached hydrogen (secondary N) is 19. The second kappa shape index (κ2) is 49.0. The predicted octanol–water partition coefficient (Wildman–Crippen LogP) is -6.89. The maximum Gasteiger partial charge on any atom is 0.340 e. The van der Waals surface area contributed by atoms with E-state index < -0.39 is 266 Å². The first-order valence-corrected chi connectivity index (χ1v) is 42.2. The standard InChI is InChI=1S/C83H108N24O28/c1-8-36(2)66(79(130)106-57(29-61(85)111)78(129)104-52(18-21-64(114)115)74(125)97-38(4)67(118)91-32-62(112)100-54(80(131)132)10-9-23-90-82(86)87)107-75(126)53(19-22-65(116)117)102-70(121)41(7)99-77(128)56(26-44-31-89-35-94-44)105-71(122)40(6)95-69(120)39(5)98-76(127)55(25-43-30-88-34-93-43)101-63(113)33-92-68(119)37(3)96-73(124)51(17-20-60(84)110)103-72(123)42-11-14-48-47(24-42)81(133)135-83(48)49-15-12-45(108)27-58(49)134-59-28-46(109)13-16-50(59)83/h11-16,24,27-28,30-31,34-41,51-57,66,108-109H,8-10,17-23,25-26,29,32-33H2,1-7H3,(H2,84,110)(H2,85,111)(H,88,93)(H,89,94)(H,91,118)(H,92,119)(H,95,120)(H,96,124)(H,97,125)(H,98,127)(H,99,128)(H,100,112)(H,101,113)(H,102,121)(H,103,123)(H,104,129)(H,105,122)(H,106,130)(H,107,126)(H,114,115)(H,116,117)(H,131,132)(H4,86,87,90)/t36-,37-,38-,39-,40-,41-,51-,52-,53-,54-,55-,56-,57-,66-/m0/s1. The minimum Gasteiger partial charge on any atom is -0.508 e. The fourth-order valence-corrected chi connectivity index (χ4v) is 13.7. The van der Waals surface area contributed by atoms with Crippen molar-refractivity contribution in [2.45, 2.75) is 210 Å². The highest BCUT2D eigenvalue weighted by molar-refractivity contribution is 6.05. The number of hydrogen-bond acceptors (Lipinski definition) is 28. The largest absolute Gasteiger partial charge is 0.508 e. The summed E-state index contributed by atoms with van der Waals surface area (Å²) in [6.07, 6.45) is -0.0661. The Labute approximate surface area is 767 Å². The molecule has 0 bridgehead atoms. The lowest BCUT2D eigenvalue weighted by Crippen LogP contribution is -2.61. The number of carbonyl (C=O) groups excluding carboxylic acids is 18. The number of ether oxygens (including phenoxy) is 2. The van der Waals surface area contributed by atoms with Crippen LogP contribution in [0.25, 0.3) is 0 Å². The van der Waals surface area contributed by atoms with Crippen molar-refractivity contribution < 1.29 is 136 Å². The third kappa shape index (κ3) is 30.9. The van der Waals surface area contributed by atoms with Crippen molar-refractivity contribution >= 4 is 130 Å². The molecule has 52 nitrogen and oxygen atoms in total. The highest BCUT2D eigenvalue weighted by Gasteiger charge is 2.54. The molecular formula is C83H108N24O28. The molecule has 52 heteroatoms. The van der Waals surface area contributed by atoms with Gasteiger partial charge in [-0.1, -0.05) is 26.3 Å². The molecule has 2 aromatic heterocycles. The van der Waals surface area contributed by atoms with Gasteiger partial charge in [-0.2, -0.15) is 0 Å². The van der Waals surface area contributed by atoms with E-state index in [1.54, 1.807) is 6.92 Å². The zero-order valence-electron chi connectivity index (χ0n) is 73.9. The van der Waals surface area contributed by atoms with E-state index in [0.717, 1.165) is 13.8 Å². The van der Waals surface area contributed by atoms with Gasteiger partial charge < -0.3 is 147 Å². The molecule has 0 radical (unpaired) electrons. The molecule has 4 heterocycles. The van der Waals surface area contributed by atoms with Crippen LogP contribution in [0.4, 0.5) is 0 Å². The van der Waals surface area contributed by atoms with Crippen LogP contribution in [0.15, 0.2) is 79.6 Å². The molecule has 17 amide bonds. The molecule has 0 saturated heterocycles. The van der Waals surface area contributed by atoms with Crippen LogP contribution in [-0.2, 0) is 114 Å². The van der Waals surface area contributed by atoms with Crippen molar-refractivity contribution in [2.24, 2.45) is 23.1 Å². The Balaban J connectivity index is 0.927. The van der Waals surface area contributed by atoms with Crippen LogP contribution in [-0.4, -0.2) is 274 Å². The number of esters is 1. The van der Waals surface area contributed by atoms with Gasteiger partial charge in [0.25, 0.3) is 5.91 Å². The molecule has 3 aromatic carbocycles.